The lowest BCUT2D eigenvalue weighted by Crippen LogP contribution is -2.41. The van der Waals surface area contributed by atoms with Gasteiger partial charge in [-0.3, -0.25) is 4.79 Å². The number of amides is 1. The molecule has 0 aromatic heterocycles. The van der Waals surface area contributed by atoms with Crippen LogP contribution in [-0.2, 0) is 9.53 Å². The zero-order valence-electron chi connectivity index (χ0n) is 11.3. The van der Waals surface area contributed by atoms with Gasteiger partial charge in [0.15, 0.2) is 0 Å². The van der Waals surface area contributed by atoms with Crippen molar-refractivity contribution in [1.29, 1.82) is 0 Å². The van der Waals surface area contributed by atoms with E-state index in [1.807, 2.05) is 13.8 Å². The summed E-state index contributed by atoms with van der Waals surface area (Å²) in [5, 5.41) is 6.33. The van der Waals surface area contributed by atoms with Crippen molar-refractivity contribution in [1.82, 2.24) is 10.6 Å². The van der Waals surface area contributed by atoms with Gasteiger partial charge >= 0.3 is 0 Å². The lowest BCUT2D eigenvalue weighted by Gasteiger charge is -2.19. The third-order valence-corrected chi connectivity index (χ3v) is 3.19. The van der Waals surface area contributed by atoms with Crippen molar-refractivity contribution < 1.29 is 9.53 Å². The Morgan fingerprint density at radius 1 is 1.53 bits per heavy atom. The smallest absolute Gasteiger partial charge is 0.249 e. The molecule has 0 saturated carbocycles. The zero-order chi connectivity index (χ0) is 12.7. The molecule has 0 aliphatic carbocycles. The van der Waals surface area contributed by atoms with E-state index in [0.717, 1.165) is 25.8 Å². The number of nitrogens with one attached hydrogen (secondary N) is 2. The number of rotatable bonds is 7. The number of hydrogen-bond donors (Lipinski definition) is 2. The molecule has 17 heavy (non-hydrogen) atoms. The fourth-order valence-corrected chi connectivity index (χ4v) is 2.10. The second kappa shape index (κ2) is 7.67. The van der Waals surface area contributed by atoms with Crippen LogP contribution in [0.25, 0.3) is 0 Å². The largest absolute Gasteiger partial charge is 0.367 e. The molecule has 1 saturated heterocycles. The van der Waals surface area contributed by atoms with Crippen molar-refractivity contribution in [2.45, 2.75) is 64.6 Å². The van der Waals surface area contributed by atoms with Gasteiger partial charge in [-0.15, -0.1) is 0 Å². The molecule has 100 valence electrons. The Morgan fingerprint density at radius 3 is 2.88 bits per heavy atom. The molecule has 0 radical (unpaired) electrons. The van der Waals surface area contributed by atoms with Gasteiger partial charge in [0.2, 0.25) is 5.91 Å². The average molecular weight is 242 g/mol. The molecule has 3 unspecified atom stereocenters. The molecule has 0 aromatic carbocycles. The van der Waals surface area contributed by atoms with Crippen LogP contribution in [0, 0.1) is 0 Å². The van der Waals surface area contributed by atoms with Crippen molar-refractivity contribution in [3.05, 3.63) is 0 Å². The third kappa shape index (κ3) is 5.50. The molecule has 1 heterocycles. The van der Waals surface area contributed by atoms with E-state index in [2.05, 4.69) is 17.6 Å². The molecule has 1 fully saturated rings. The molecule has 1 aliphatic heterocycles. The molecule has 0 spiro atoms. The summed E-state index contributed by atoms with van der Waals surface area (Å²) in [6, 6.07) is 0.668. The maximum Gasteiger partial charge on any atom is 0.249 e. The van der Waals surface area contributed by atoms with Gasteiger partial charge < -0.3 is 15.4 Å². The van der Waals surface area contributed by atoms with Crippen LogP contribution in [0.1, 0.15) is 46.5 Å². The molecule has 0 bridgehead atoms. The van der Waals surface area contributed by atoms with E-state index in [0.29, 0.717) is 12.6 Å². The lowest BCUT2D eigenvalue weighted by molar-refractivity contribution is -0.132. The summed E-state index contributed by atoms with van der Waals surface area (Å²) in [5.41, 5.74) is 0. The first-order valence-corrected chi connectivity index (χ1v) is 6.78. The minimum atomic E-state index is -0.350. The topological polar surface area (TPSA) is 50.4 Å². The highest BCUT2D eigenvalue weighted by atomic mass is 16.5. The van der Waals surface area contributed by atoms with E-state index in [1.165, 1.54) is 6.42 Å². The molecule has 3 atom stereocenters. The van der Waals surface area contributed by atoms with Crippen LogP contribution in [0.4, 0.5) is 0 Å². The van der Waals surface area contributed by atoms with Crippen LogP contribution in [0.3, 0.4) is 0 Å². The van der Waals surface area contributed by atoms with Gasteiger partial charge in [0.1, 0.15) is 6.10 Å². The number of carbonyl (C=O) groups is 1. The predicted octanol–water partition coefficient (Wildman–Crippen LogP) is 1.45. The normalized spacial score (nSPS) is 23.4. The van der Waals surface area contributed by atoms with Gasteiger partial charge in [-0.25, -0.2) is 0 Å². The van der Waals surface area contributed by atoms with Crippen molar-refractivity contribution >= 4 is 5.91 Å². The van der Waals surface area contributed by atoms with Crippen molar-refractivity contribution in [3.63, 3.8) is 0 Å². The zero-order valence-corrected chi connectivity index (χ0v) is 11.3. The lowest BCUT2D eigenvalue weighted by atomic mass is 10.2. The Labute approximate surface area is 104 Å². The molecule has 4 heteroatoms. The van der Waals surface area contributed by atoms with Crippen LogP contribution in [0.2, 0.25) is 0 Å². The molecule has 1 rings (SSSR count). The predicted molar refractivity (Wildman–Crippen MR) is 69.0 cm³/mol. The summed E-state index contributed by atoms with van der Waals surface area (Å²) in [7, 11) is 0. The highest BCUT2D eigenvalue weighted by Crippen LogP contribution is 2.06. The quantitative estimate of drug-likeness (QED) is 0.710. The Balaban J connectivity index is 2.16. The average Bonchev–Trinajstić information content (AvgIpc) is 2.78. The van der Waals surface area contributed by atoms with E-state index >= 15 is 0 Å². The van der Waals surface area contributed by atoms with Crippen molar-refractivity contribution in [2.75, 3.05) is 13.2 Å². The molecule has 0 aromatic rings. The van der Waals surface area contributed by atoms with E-state index in [9.17, 15) is 4.79 Å². The summed E-state index contributed by atoms with van der Waals surface area (Å²) in [4.78, 5) is 11.8. The first-order valence-electron chi connectivity index (χ1n) is 6.78. The van der Waals surface area contributed by atoms with Gasteiger partial charge in [-0.1, -0.05) is 13.3 Å². The summed E-state index contributed by atoms with van der Waals surface area (Å²) in [5.74, 6) is 0.00365. The van der Waals surface area contributed by atoms with E-state index in [1.54, 1.807) is 0 Å². The first kappa shape index (κ1) is 14.5. The minimum absolute atomic E-state index is 0.00365. The van der Waals surface area contributed by atoms with Gasteiger partial charge in [0.05, 0.1) is 6.61 Å². The number of carbonyl (C=O) groups excluding carboxylic acids is 1. The molecular formula is C13H26N2O2. The fraction of sp³-hybridized carbons (Fsp3) is 0.923. The number of hydrogen-bond acceptors (Lipinski definition) is 3. The Morgan fingerprint density at radius 2 is 2.29 bits per heavy atom. The minimum Gasteiger partial charge on any atom is -0.367 e. The highest BCUT2D eigenvalue weighted by Gasteiger charge is 2.19. The van der Waals surface area contributed by atoms with Crippen LogP contribution in [0.15, 0.2) is 0 Å². The molecular weight excluding hydrogens is 216 g/mol. The van der Waals surface area contributed by atoms with Crippen molar-refractivity contribution in [2.24, 2.45) is 0 Å². The summed E-state index contributed by atoms with van der Waals surface area (Å²) in [6.45, 7) is 7.68. The van der Waals surface area contributed by atoms with E-state index in [-0.39, 0.29) is 18.1 Å². The first-order chi connectivity index (χ1) is 8.13. The van der Waals surface area contributed by atoms with Crippen LogP contribution < -0.4 is 10.6 Å². The summed E-state index contributed by atoms with van der Waals surface area (Å²) >= 11 is 0. The van der Waals surface area contributed by atoms with E-state index < -0.39 is 0 Å². The van der Waals surface area contributed by atoms with E-state index in [4.69, 9.17) is 4.74 Å². The second-order valence-corrected chi connectivity index (χ2v) is 4.97. The molecule has 4 nitrogen and oxygen atoms in total. The Kier molecular flexibility index (Phi) is 6.52. The van der Waals surface area contributed by atoms with Gasteiger partial charge in [0.25, 0.3) is 0 Å². The SMILES string of the molecule is CCCC(C)NC(=O)C(C)OCC1CCCN1. The Bertz CT molecular complexity index is 227. The fourth-order valence-electron chi connectivity index (χ4n) is 2.10. The summed E-state index contributed by atoms with van der Waals surface area (Å²) in [6.07, 6.45) is 4.12. The van der Waals surface area contributed by atoms with Crippen LogP contribution in [0.5, 0.6) is 0 Å². The number of ether oxygens (including phenoxy) is 1. The standard InChI is InChI=1S/C13H26N2O2/c1-4-6-10(2)15-13(16)11(3)17-9-12-7-5-8-14-12/h10-12,14H,4-9H2,1-3H3,(H,15,16). The van der Waals surface area contributed by atoms with Gasteiger partial charge in [0, 0.05) is 12.1 Å². The summed E-state index contributed by atoms with van der Waals surface area (Å²) < 4.78 is 5.59. The molecule has 1 amide bonds. The molecule has 1 aliphatic rings. The van der Waals surface area contributed by atoms with Gasteiger partial charge in [-0.2, -0.15) is 0 Å². The highest BCUT2D eigenvalue weighted by molar-refractivity contribution is 5.80. The Hall–Kier alpha value is -0.610. The third-order valence-electron chi connectivity index (χ3n) is 3.19. The monoisotopic (exact) mass is 242 g/mol. The maximum absolute atomic E-state index is 11.8. The van der Waals surface area contributed by atoms with Crippen molar-refractivity contribution in [3.8, 4) is 0 Å². The second-order valence-electron chi connectivity index (χ2n) is 4.97. The van der Waals surface area contributed by atoms with Gasteiger partial charge in [-0.05, 0) is 39.7 Å². The maximum atomic E-state index is 11.8. The van der Waals surface area contributed by atoms with Crippen LogP contribution in [-0.4, -0.2) is 37.2 Å². The molecule has 2 N–H and O–H groups in total. The van der Waals surface area contributed by atoms with Crippen LogP contribution >= 0.6 is 0 Å².